The molecule has 11 heteroatoms. The standard InChI is InChI=1S/C23H29N7O3S/c31-11-7-25-23-28-20-19(34-23)13-17(21(27-20)29-8-2-1-3-9-29)26-22(33)18-12-15(4-6-24-18)30-10-5-16(32)14-30/h4,6,12-13,16,31-32H,1-3,5,7-11,14H2,(H,26,33)(H,25,27,28)/t16-/m0/s1. The molecule has 0 radical (unpaired) electrons. The van der Waals surface area contributed by atoms with Crippen molar-refractivity contribution in [3.8, 4) is 0 Å². The zero-order chi connectivity index (χ0) is 23.5. The molecule has 0 aromatic carbocycles. The number of thiazole rings is 1. The van der Waals surface area contributed by atoms with Crippen LogP contribution in [0.15, 0.2) is 24.4 Å². The number of carbonyl (C=O) groups is 1. The molecule has 2 aliphatic rings. The zero-order valence-corrected chi connectivity index (χ0v) is 19.7. The van der Waals surface area contributed by atoms with Crippen LogP contribution in [0.5, 0.6) is 0 Å². The third-order valence-corrected chi connectivity index (χ3v) is 7.11. The first kappa shape index (κ1) is 22.8. The van der Waals surface area contributed by atoms with Crippen molar-refractivity contribution in [2.45, 2.75) is 31.8 Å². The topological polar surface area (TPSA) is 127 Å². The fourth-order valence-electron chi connectivity index (χ4n) is 4.43. The van der Waals surface area contributed by atoms with Crippen molar-refractivity contribution in [3.05, 3.63) is 30.1 Å². The molecule has 2 aliphatic heterocycles. The Morgan fingerprint density at radius 2 is 2.00 bits per heavy atom. The van der Waals surface area contributed by atoms with Crippen molar-refractivity contribution in [1.82, 2.24) is 15.0 Å². The number of carbonyl (C=O) groups excluding carboxylic acids is 1. The number of hydrogen-bond acceptors (Lipinski definition) is 10. The fourth-order valence-corrected chi connectivity index (χ4v) is 5.31. The van der Waals surface area contributed by atoms with Gasteiger partial charge in [0.1, 0.15) is 5.69 Å². The zero-order valence-electron chi connectivity index (χ0n) is 18.9. The summed E-state index contributed by atoms with van der Waals surface area (Å²) in [5.41, 5.74) is 2.46. The van der Waals surface area contributed by atoms with E-state index in [0.717, 1.165) is 55.1 Å². The molecular formula is C23H29N7O3S. The number of nitrogens with one attached hydrogen (secondary N) is 2. The number of aliphatic hydroxyl groups excluding tert-OH is 2. The summed E-state index contributed by atoms with van der Waals surface area (Å²) in [6.07, 6.45) is 5.36. The number of amides is 1. The van der Waals surface area contributed by atoms with Gasteiger partial charge in [-0.05, 0) is 43.9 Å². The smallest absolute Gasteiger partial charge is 0.274 e. The number of aliphatic hydroxyl groups is 2. The molecule has 10 nitrogen and oxygen atoms in total. The highest BCUT2D eigenvalue weighted by Crippen LogP contribution is 2.34. The lowest BCUT2D eigenvalue weighted by molar-refractivity contribution is 0.102. The molecule has 0 bridgehead atoms. The van der Waals surface area contributed by atoms with Gasteiger partial charge >= 0.3 is 0 Å². The molecule has 1 amide bonds. The number of aromatic nitrogens is 3. The Hall–Kier alpha value is -3.02. The van der Waals surface area contributed by atoms with Crippen molar-refractivity contribution in [2.75, 3.05) is 59.8 Å². The van der Waals surface area contributed by atoms with Crippen LogP contribution in [0.1, 0.15) is 36.2 Å². The van der Waals surface area contributed by atoms with Gasteiger partial charge in [0.05, 0.1) is 23.1 Å². The number of hydrogen-bond donors (Lipinski definition) is 4. The summed E-state index contributed by atoms with van der Waals surface area (Å²) >= 11 is 1.44. The number of anilines is 4. The Balaban J connectivity index is 1.43. The van der Waals surface area contributed by atoms with Gasteiger partial charge in [0.2, 0.25) is 0 Å². The third-order valence-electron chi connectivity index (χ3n) is 6.16. The minimum atomic E-state index is -0.341. The summed E-state index contributed by atoms with van der Waals surface area (Å²) in [7, 11) is 0. The largest absolute Gasteiger partial charge is 0.395 e. The van der Waals surface area contributed by atoms with Crippen LogP contribution < -0.4 is 20.4 Å². The first-order valence-electron chi connectivity index (χ1n) is 11.7. The minimum absolute atomic E-state index is 0.0200. The second kappa shape index (κ2) is 10.1. The van der Waals surface area contributed by atoms with Crippen molar-refractivity contribution in [3.63, 3.8) is 0 Å². The molecule has 180 valence electrons. The monoisotopic (exact) mass is 483 g/mol. The van der Waals surface area contributed by atoms with Crippen LogP contribution in [-0.2, 0) is 0 Å². The average Bonchev–Trinajstić information content (AvgIpc) is 3.48. The third kappa shape index (κ3) is 4.91. The van der Waals surface area contributed by atoms with Gasteiger partial charge in [0, 0.05) is 44.6 Å². The Labute approximate surface area is 201 Å². The number of nitrogens with zero attached hydrogens (tertiary/aromatic N) is 5. The van der Waals surface area contributed by atoms with Crippen molar-refractivity contribution >= 4 is 49.9 Å². The Morgan fingerprint density at radius 1 is 1.15 bits per heavy atom. The average molecular weight is 484 g/mol. The molecule has 0 spiro atoms. The van der Waals surface area contributed by atoms with Gasteiger partial charge in [-0.15, -0.1) is 0 Å². The van der Waals surface area contributed by atoms with E-state index < -0.39 is 0 Å². The van der Waals surface area contributed by atoms with E-state index >= 15 is 0 Å². The molecule has 5 heterocycles. The second-order valence-electron chi connectivity index (χ2n) is 8.64. The van der Waals surface area contributed by atoms with Gasteiger partial charge in [-0.3, -0.25) is 9.78 Å². The van der Waals surface area contributed by atoms with Gasteiger partial charge in [-0.25, -0.2) is 9.97 Å². The summed E-state index contributed by atoms with van der Waals surface area (Å²) < 4.78 is 0.851. The lowest BCUT2D eigenvalue weighted by Gasteiger charge is -2.29. The molecule has 34 heavy (non-hydrogen) atoms. The molecule has 3 aromatic rings. The summed E-state index contributed by atoms with van der Waals surface area (Å²) in [5.74, 6) is 0.419. The quantitative estimate of drug-likeness (QED) is 0.400. The molecular weight excluding hydrogens is 454 g/mol. The number of rotatable bonds is 7. The van der Waals surface area contributed by atoms with Gasteiger partial charge in [-0.2, -0.15) is 0 Å². The van der Waals surface area contributed by atoms with E-state index in [2.05, 4.69) is 30.4 Å². The van der Waals surface area contributed by atoms with Gasteiger partial charge in [-0.1, -0.05) is 11.3 Å². The molecule has 2 saturated heterocycles. The van der Waals surface area contributed by atoms with Gasteiger partial charge in [0.25, 0.3) is 5.91 Å². The van der Waals surface area contributed by atoms with Gasteiger partial charge < -0.3 is 30.6 Å². The molecule has 0 aliphatic carbocycles. The number of β-amino-alcohol motifs (C(OH)–C–C–N with tert-alkyl or cyclic N) is 1. The van der Waals surface area contributed by atoms with Crippen molar-refractivity contribution in [2.24, 2.45) is 0 Å². The first-order valence-corrected chi connectivity index (χ1v) is 12.5. The molecule has 2 fully saturated rings. The molecule has 5 rings (SSSR count). The van der Waals surface area contributed by atoms with E-state index in [4.69, 9.17) is 10.1 Å². The Kier molecular flexibility index (Phi) is 6.75. The Bertz CT molecular complexity index is 1160. The van der Waals surface area contributed by atoms with Gasteiger partial charge in [0.15, 0.2) is 16.6 Å². The van der Waals surface area contributed by atoms with Crippen LogP contribution in [-0.4, -0.2) is 76.5 Å². The predicted molar refractivity (Wildman–Crippen MR) is 134 cm³/mol. The summed E-state index contributed by atoms with van der Waals surface area (Å²) in [4.78, 5) is 31.1. The molecule has 3 aromatic heterocycles. The van der Waals surface area contributed by atoms with E-state index in [9.17, 15) is 9.90 Å². The highest BCUT2D eigenvalue weighted by atomic mass is 32.1. The van der Waals surface area contributed by atoms with Crippen LogP contribution in [0.4, 0.5) is 22.3 Å². The van der Waals surface area contributed by atoms with Crippen LogP contribution in [0, 0.1) is 0 Å². The molecule has 0 unspecified atom stereocenters. The molecule has 1 atom stereocenters. The number of piperidine rings is 1. The second-order valence-corrected chi connectivity index (χ2v) is 9.67. The summed E-state index contributed by atoms with van der Waals surface area (Å²) in [5, 5.41) is 25.8. The van der Waals surface area contributed by atoms with Crippen LogP contribution in [0.25, 0.3) is 10.3 Å². The van der Waals surface area contributed by atoms with Crippen LogP contribution in [0.3, 0.4) is 0 Å². The SMILES string of the molecule is O=C(Nc1cc2sc(NCCO)nc2nc1N1CCCCC1)c1cc(N2CC[C@H](O)C2)ccn1. The Morgan fingerprint density at radius 3 is 2.76 bits per heavy atom. The molecule has 4 N–H and O–H groups in total. The summed E-state index contributed by atoms with van der Waals surface area (Å²) in [6, 6.07) is 5.55. The maximum Gasteiger partial charge on any atom is 0.274 e. The van der Waals surface area contributed by atoms with E-state index in [1.807, 2.05) is 12.1 Å². The maximum absolute atomic E-state index is 13.2. The first-order chi connectivity index (χ1) is 16.6. The van der Waals surface area contributed by atoms with Crippen molar-refractivity contribution < 1.29 is 15.0 Å². The van der Waals surface area contributed by atoms with E-state index in [1.165, 1.54) is 17.8 Å². The lowest BCUT2D eigenvalue weighted by atomic mass is 10.1. The highest BCUT2D eigenvalue weighted by molar-refractivity contribution is 7.22. The van der Waals surface area contributed by atoms with Crippen molar-refractivity contribution in [1.29, 1.82) is 0 Å². The highest BCUT2D eigenvalue weighted by Gasteiger charge is 2.23. The number of fused-ring (bicyclic) bond motifs is 1. The van der Waals surface area contributed by atoms with E-state index in [-0.39, 0.29) is 18.6 Å². The minimum Gasteiger partial charge on any atom is -0.395 e. The van der Waals surface area contributed by atoms with E-state index in [0.29, 0.717) is 35.2 Å². The fraction of sp³-hybridized carbons (Fsp3) is 0.478. The maximum atomic E-state index is 13.2. The van der Waals surface area contributed by atoms with Crippen LogP contribution in [0.2, 0.25) is 0 Å². The number of pyridine rings is 2. The summed E-state index contributed by atoms with van der Waals surface area (Å²) in [6.45, 7) is 3.51. The van der Waals surface area contributed by atoms with Crippen LogP contribution >= 0.6 is 11.3 Å². The predicted octanol–water partition coefficient (Wildman–Crippen LogP) is 2.30. The normalized spacial score (nSPS) is 18.5. The molecule has 0 saturated carbocycles. The lowest BCUT2D eigenvalue weighted by Crippen LogP contribution is -2.31. The van der Waals surface area contributed by atoms with E-state index in [1.54, 1.807) is 12.3 Å².